The minimum atomic E-state index is -0.334. The Labute approximate surface area is 171 Å². The van der Waals surface area contributed by atoms with Crippen LogP contribution < -0.4 is 5.32 Å². The van der Waals surface area contributed by atoms with Gasteiger partial charge in [-0.25, -0.2) is 4.98 Å². The van der Waals surface area contributed by atoms with E-state index in [1.807, 2.05) is 48.7 Å². The number of hydrogen-bond acceptors (Lipinski definition) is 5. The monoisotopic (exact) mass is 409 g/mol. The SMILES string of the molecule is Cc1ccccc1-c1csc(NC(=O)c2c(-c3ccccc3Cl)noc2C)n1. The lowest BCUT2D eigenvalue weighted by Gasteiger charge is -2.05. The summed E-state index contributed by atoms with van der Waals surface area (Å²) in [6, 6.07) is 15.2. The van der Waals surface area contributed by atoms with Crippen molar-refractivity contribution in [1.29, 1.82) is 0 Å². The van der Waals surface area contributed by atoms with E-state index in [9.17, 15) is 4.79 Å². The highest BCUT2D eigenvalue weighted by Crippen LogP contribution is 2.32. The van der Waals surface area contributed by atoms with Crippen LogP contribution in [0.3, 0.4) is 0 Å². The highest BCUT2D eigenvalue weighted by atomic mass is 35.5. The highest BCUT2D eigenvalue weighted by Gasteiger charge is 2.24. The van der Waals surface area contributed by atoms with E-state index >= 15 is 0 Å². The van der Waals surface area contributed by atoms with E-state index in [1.54, 1.807) is 19.1 Å². The maximum Gasteiger partial charge on any atom is 0.263 e. The first-order valence-electron chi connectivity index (χ1n) is 8.58. The van der Waals surface area contributed by atoms with E-state index in [-0.39, 0.29) is 5.91 Å². The maximum absolute atomic E-state index is 12.9. The molecule has 2 heterocycles. The summed E-state index contributed by atoms with van der Waals surface area (Å²) in [5.41, 5.74) is 4.40. The van der Waals surface area contributed by atoms with Crippen LogP contribution >= 0.6 is 22.9 Å². The van der Waals surface area contributed by atoms with Gasteiger partial charge in [0.2, 0.25) is 0 Å². The number of hydrogen-bond donors (Lipinski definition) is 1. The molecule has 0 fully saturated rings. The molecule has 0 unspecified atom stereocenters. The van der Waals surface area contributed by atoms with Gasteiger partial charge >= 0.3 is 0 Å². The molecule has 0 atom stereocenters. The molecule has 2 aromatic heterocycles. The van der Waals surface area contributed by atoms with Crippen molar-refractivity contribution in [3.05, 3.63) is 75.8 Å². The summed E-state index contributed by atoms with van der Waals surface area (Å²) in [6.45, 7) is 3.73. The Morgan fingerprint density at radius 1 is 1.07 bits per heavy atom. The predicted octanol–water partition coefficient (Wildman–Crippen LogP) is 5.99. The first kappa shape index (κ1) is 18.4. The van der Waals surface area contributed by atoms with Crippen LogP contribution in [0.15, 0.2) is 58.4 Å². The van der Waals surface area contributed by atoms with Gasteiger partial charge in [-0.1, -0.05) is 59.2 Å². The lowest BCUT2D eigenvalue weighted by Crippen LogP contribution is -2.13. The van der Waals surface area contributed by atoms with Gasteiger partial charge in [0, 0.05) is 16.5 Å². The number of halogens is 1. The molecule has 0 aliphatic carbocycles. The number of rotatable bonds is 4. The first-order chi connectivity index (χ1) is 13.5. The summed E-state index contributed by atoms with van der Waals surface area (Å²) in [7, 11) is 0. The summed E-state index contributed by atoms with van der Waals surface area (Å²) >= 11 is 7.64. The van der Waals surface area contributed by atoms with Crippen molar-refractivity contribution >= 4 is 34.0 Å². The molecular weight excluding hydrogens is 394 g/mol. The van der Waals surface area contributed by atoms with Crippen molar-refractivity contribution in [3.8, 4) is 22.5 Å². The van der Waals surface area contributed by atoms with Gasteiger partial charge in [0.25, 0.3) is 5.91 Å². The minimum absolute atomic E-state index is 0.334. The molecule has 0 aliphatic rings. The maximum atomic E-state index is 12.9. The van der Waals surface area contributed by atoms with Crippen LogP contribution in [-0.4, -0.2) is 16.0 Å². The van der Waals surface area contributed by atoms with Crippen molar-refractivity contribution in [2.24, 2.45) is 0 Å². The van der Waals surface area contributed by atoms with Crippen molar-refractivity contribution < 1.29 is 9.32 Å². The zero-order valence-corrected chi connectivity index (χ0v) is 16.8. The first-order valence-corrected chi connectivity index (χ1v) is 9.84. The Balaban J connectivity index is 1.63. The van der Waals surface area contributed by atoms with E-state index in [0.717, 1.165) is 16.8 Å². The normalized spacial score (nSPS) is 10.8. The van der Waals surface area contributed by atoms with Crippen LogP contribution in [0.4, 0.5) is 5.13 Å². The molecule has 4 aromatic rings. The quantitative estimate of drug-likeness (QED) is 0.449. The Morgan fingerprint density at radius 2 is 1.79 bits per heavy atom. The molecule has 1 amide bonds. The molecule has 0 saturated carbocycles. The second-order valence-corrected chi connectivity index (χ2v) is 7.51. The standard InChI is InChI=1S/C21H16ClN3O2S/c1-12-7-3-4-8-14(12)17-11-28-21(23-17)24-20(26)18-13(2)27-25-19(18)15-9-5-6-10-16(15)22/h3-11H,1-2H3,(H,23,24,26). The van der Waals surface area contributed by atoms with Crippen molar-refractivity contribution in [2.45, 2.75) is 13.8 Å². The van der Waals surface area contributed by atoms with Crippen LogP contribution in [-0.2, 0) is 0 Å². The molecule has 28 heavy (non-hydrogen) atoms. The van der Waals surface area contributed by atoms with E-state index < -0.39 is 0 Å². The Hall–Kier alpha value is -2.96. The molecule has 0 aliphatic heterocycles. The smallest absolute Gasteiger partial charge is 0.263 e. The average molecular weight is 410 g/mol. The van der Waals surface area contributed by atoms with Crippen molar-refractivity contribution in [3.63, 3.8) is 0 Å². The van der Waals surface area contributed by atoms with Gasteiger partial charge in [0.05, 0.1) is 10.7 Å². The van der Waals surface area contributed by atoms with Gasteiger partial charge in [-0.2, -0.15) is 0 Å². The molecule has 2 aromatic carbocycles. The number of carbonyl (C=O) groups excluding carboxylic acids is 1. The Morgan fingerprint density at radius 3 is 2.54 bits per heavy atom. The molecule has 0 radical (unpaired) electrons. The second-order valence-electron chi connectivity index (χ2n) is 6.25. The fraction of sp³-hybridized carbons (Fsp3) is 0.0952. The summed E-state index contributed by atoms with van der Waals surface area (Å²) in [4.78, 5) is 17.5. The Bertz CT molecular complexity index is 1170. The largest absolute Gasteiger partial charge is 0.360 e. The third kappa shape index (κ3) is 3.44. The van der Waals surface area contributed by atoms with Crippen LogP contribution in [0.25, 0.3) is 22.5 Å². The number of nitrogens with one attached hydrogen (secondary N) is 1. The average Bonchev–Trinajstić information content (AvgIpc) is 3.29. The van der Waals surface area contributed by atoms with Gasteiger partial charge in [0.1, 0.15) is 17.0 Å². The predicted molar refractivity (Wildman–Crippen MR) is 112 cm³/mol. The third-order valence-electron chi connectivity index (χ3n) is 4.36. The zero-order valence-electron chi connectivity index (χ0n) is 15.2. The van der Waals surface area contributed by atoms with Gasteiger partial charge < -0.3 is 4.52 Å². The lowest BCUT2D eigenvalue weighted by atomic mass is 10.1. The summed E-state index contributed by atoms with van der Waals surface area (Å²) in [5, 5.41) is 9.82. The van der Waals surface area contributed by atoms with E-state index in [0.29, 0.717) is 32.7 Å². The van der Waals surface area contributed by atoms with Gasteiger partial charge in [-0.15, -0.1) is 11.3 Å². The minimum Gasteiger partial charge on any atom is -0.360 e. The Kier molecular flexibility index (Phi) is 4.98. The molecule has 0 saturated heterocycles. The van der Waals surface area contributed by atoms with Gasteiger partial charge in [0.15, 0.2) is 5.13 Å². The molecule has 140 valence electrons. The second kappa shape index (κ2) is 7.58. The summed E-state index contributed by atoms with van der Waals surface area (Å²) < 4.78 is 5.27. The number of thiazole rings is 1. The number of aromatic nitrogens is 2. The number of amides is 1. The van der Waals surface area contributed by atoms with Crippen LogP contribution in [0.1, 0.15) is 21.7 Å². The number of aryl methyl sites for hydroxylation is 2. The fourth-order valence-corrected chi connectivity index (χ4v) is 3.88. The topological polar surface area (TPSA) is 68.0 Å². The molecular formula is C21H16ClN3O2S. The van der Waals surface area contributed by atoms with Gasteiger partial charge in [-0.05, 0) is 25.5 Å². The number of benzene rings is 2. The van der Waals surface area contributed by atoms with Crippen LogP contribution in [0.2, 0.25) is 5.02 Å². The third-order valence-corrected chi connectivity index (χ3v) is 5.45. The molecule has 1 N–H and O–H groups in total. The number of carbonyl (C=O) groups is 1. The summed E-state index contributed by atoms with van der Waals surface area (Å²) in [6.07, 6.45) is 0. The summed E-state index contributed by atoms with van der Waals surface area (Å²) in [5.74, 6) is 0.0856. The molecule has 4 rings (SSSR count). The molecule has 0 spiro atoms. The van der Waals surface area contributed by atoms with Crippen LogP contribution in [0, 0.1) is 13.8 Å². The van der Waals surface area contributed by atoms with E-state index in [2.05, 4.69) is 15.5 Å². The van der Waals surface area contributed by atoms with Crippen LogP contribution in [0.5, 0.6) is 0 Å². The fourth-order valence-electron chi connectivity index (χ4n) is 2.95. The van der Waals surface area contributed by atoms with Crippen molar-refractivity contribution in [2.75, 3.05) is 5.32 Å². The lowest BCUT2D eigenvalue weighted by molar-refractivity contribution is 0.102. The van der Waals surface area contributed by atoms with Gasteiger partial charge in [-0.3, -0.25) is 10.1 Å². The number of nitrogens with zero attached hydrogens (tertiary/aromatic N) is 2. The highest BCUT2D eigenvalue weighted by molar-refractivity contribution is 7.14. The number of anilines is 1. The molecule has 0 bridgehead atoms. The molecule has 5 nitrogen and oxygen atoms in total. The van der Waals surface area contributed by atoms with E-state index in [4.69, 9.17) is 16.1 Å². The molecule has 7 heteroatoms. The zero-order chi connectivity index (χ0) is 19.7. The van der Waals surface area contributed by atoms with Crippen molar-refractivity contribution in [1.82, 2.24) is 10.1 Å². The van der Waals surface area contributed by atoms with E-state index in [1.165, 1.54) is 11.3 Å².